The lowest BCUT2D eigenvalue weighted by Gasteiger charge is -1.99. The monoisotopic (exact) mass is 243 g/mol. The molecule has 0 saturated heterocycles. The van der Waals surface area contributed by atoms with Crippen LogP contribution in [0.2, 0.25) is 0 Å². The van der Waals surface area contributed by atoms with Gasteiger partial charge < -0.3 is 9.84 Å². The summed E-state index contributed by atoms with van der Waals surface area (Å²) in [5, 5.41) is 6.32. The number of aromatic nitrogens is 2. The highest BCUT2D eigenvalue weighted by Gasteiger charge is 2.19. The fourth-order valence-electron chi connectivity index (χ4n) is 1.28. The van der Waals surface area contributed by atoms with E-state index in [0.29, 0.717) is 12.4 Å². The van der Waals surface area contributed by atoms with E-state index in [9.17, 15) is 13.2 Å². The van der Waals surface area contributed by atoms with E-state index in [2.05, 4.69) is 15.5 Å². The van der Waals surface area contributed by atoms with Gasteiger partial charge >= 0.3 is 0 Å². The molecule has 0 aliphatic rings. The maximum Gasteiger partial charge on any atom is 0.261 e. The predicted octanol–water partition coefficient (Wildman–Crippen LogP) is 1.87. The lowest BCUT2D eigenvalue weighted by molar-refractivity contribution is 0.412. The molecule has 1 aromatic heterocycles. The molecule has 17 heavy (non-hydrogen) atoms. The highest BCUT2D eigenvalue weighted by atomic mass is 19.2. The molecule has 0 unspecified atom stereocenters. The summed E-state index contributed by atoms with van der Waals surface area (Å²) in [4.78, 5) is 3.83. The number of rotatable bonds is 3. The van der Waals surface area contributed by atoms with Crippen molar-refractivity contribution < 1.29 is 17.7 Å². The highest BCUT2D eigenvalue weighted by molar-refractivity contribution is 5.53. The predicted molar refractivity (Wildman–Crippen MR) is 52.4 cm³/mol. The van der Waals surface area contributed by atoms with Gasteiger partial charge in [-0.25, -0.2) is 13.2 Å². The second-order valence-electron chi connectivity index (χ2n) is 3.27. The molecule has 0 saturated carbocycles. The standard InChI is InChI=1S/C10H8F3N3O/c1-14-4-7-15-10(17-16-7)5-2-3-6(11)9(13)8(5)12/h2-3,14H,4H2,1H3. The van der Waals surface area contributed by atoms with Crippen LogP contribution in [0.1, 0.15) is 5.82 Å². The summed E-state index contributed by atoms with van der Waals surface area (Å²) in [5.41, 5.74) is -0.265. The molecule has 0 bridgehead atoms. The molecule has 0 atom stereocenters. The van der Waals surface area contributed by atoms with E-state index >= 15 is 0 Å². The van der Waals surface area contributed by atoms with Crippen LogP contribution in [0.3, 0.4) is 0 Å². The third kappa shape index (κ3) is 2.14. The molecule has 0 radical (unpaired) electrons. The molecule has 0 aliphatic carbocycles. The zero-order chi connectivity index (χ0) is 12.4. The van der Waals surface area contributed by atoms with Gasteiger partial charge in [-0.1, -0.05) is 5.16 Å². The average molecular weight is 243 g/mol. The summed E-state index contributed by atoms with van der Waals surface area (Å²) >= 11 is 0. The van der Waals surface area contributed by atoms with Crippen molar-refractivity contribution in [3.8, 4) is 11.5 Å². The SMILES string of the molecule is CNCc1noc(-c2ccc(F)c(F)c2F)n1. The van der Waals surface area contributed by atoms with Crippen LogP contribution in [0.25, 0.3) is 11.5 Å². The van der Waals surface area contributed by atoms with Crippen LogP contribution in [0.15, 0.2) is 16.7 Å². The minimum absolute atomic E-state index is 0.188. The average Bonchev–Trinajstić information content (AvgIpc) is 2.75. The molecule has 2 aromatic rings. The van der Waals surface area contributed by atoms with E-state index in [1.807, 2.05) is 0 Å². The fraction of sp³-hybridized carbons (Fsp3) is 0.200. The van der Waals surface area contributed by atoms with E-state index in [4.69, 9.17) is 4.52 Å². The molecule has 7 heteroatoms. The number of benzene rings is 1. The topological polar surface area (TPSA) is 51.0 Å². The Morgan fingerprint density at radius 2 is 2.00 bits per heavy atom. The van der Waals surface area contributed by atoms with E-state index in [0.717, 1.165) is 12.1 Å². The molecule has 1 N–H and O–H groups in total. The van der Waals surface area contributed by atoms with Gasteiger partial charge in [0.2, 0.25) is 0 Å². The first-order valence-corrected chi connectivity index (χ1v) is 4.74. The first-order chi connectivity index (χ1) is 8.13. The molecule has 0 amide bonds. The van der Waals surface area contributed by atoms with Gasteiger partial charge in [0.1, 0.15) is 0 Å². The highest BCUT2D eigenvalue weighted by Crippen LogP contribution is 2.24. The molecule has 2 rings (SSSR count). The Labute approximate surface area is 94.4 Å². The van der Waals surface area contributed by atoms with Crippen LogP contribution in [0.4, 0.5) is 13.2 Å². The number of nitrogens with zero attached hydrogens (tertiary/aromatic N) is 2. The zero-order valence-corrected chi connectivity index (χ0v) is 8.80. The van der Waals surface area contributed by atoms with E-state index < -0.39 is 17.5 Å². The van der Waals surface area contributed by atoms with Gasteiger partial charge in [-0.3, -0.25) is 0 Å². The lowest BCUT2D eigenvalue weighted by atomic mass is 10.2. The maximum atomic E-state index is 13.4. The van der Waals surface area contributed by atoms with Gasteiger partial charge in [0.05, 0.1) is 12.1 Å². The van der Waals surface area contributed by atoms with Crippen molar-refractivity contribution in [2.24, 2.45) is 0 Å². The molecule has 1 aromatic carbocycles. The van der Waals surface area contributed by atoms with Crippen LogP contribution in [0.5, 0.6) is 0 Å². The summed E-state index contributed by atoms with van der Waals surface area (Å²) in [7, 11) is 1.67. The molecular weight excluding hydrogens is 235 g/mol. The van der Waals surface area contributed by atoms with Crippen LogP contribution in [-0.4, -0.2) is 17.2 Å². The molecular formula is C10H8F3N3O. The second kappa shape index (κ2) is 4.54. The van der Waals surface area contributed by atoms with Gasteiger partial charge in [0, 0.05) is 0 Å². The van der Waals surface area contributed by atoms with Gasteiger partial charge in [-0.15, -0.1) is 0 Å². The first-order valence-electron chi connectivity index (χ1n) is 4.74. The minimum atomic E-state index is -1.56. The third-order valence-electron chi connectivity index (χ3n) is 2.07. The van der Waals surface area contributed by atoms with Crippen molar-refractivity contribution in [1.29, 1.82) is 0 Å². The number of halogens is 3. The molecule has 4 nitrogen and oxygen atoms in total. The van der Waals surface area contributed by atoms with E-state index in [-0.39, 0.29) is 11.5 Å². The van der Waals surface area contributed by atoms with Crippen molar-refractivity contribution in [1.82, 2.24) is 15.5 Å². The van der Waals surface area contributed by atoms with Gasteiger partial charge in [-0.2, -0.15) is 4.98 Å². The number of nitrogens with one attached hydrogen (secondary N) is 1. The normalized spacial score (nSPS) is 10.8. The Balaban J connectivity index is 2.42. The van der Waals surface area contributed by atoms with E-state index in [1.165, 1.54) is 0 Å². The Morgan fingerprint density at radius 1 is 1.24 bits per heavy atom. The van der Waals surface area contributed by atoms with E-state index in [1.54, 1.807) is 7.05 Å². The maximum absolute atomic E-state index is 13.4. The minimum Gasteiger partial charge on any atom is -0.334 e. The van der Waals surface area contributed by atoms with Crippen molar-refractivity contribution in [3.63, 3.8) is 0 Å². The largest absolute Gasteiger partial charge is 0.334 e. The molecule has 1 heterocycles. The Kier molecular flexibility index (Phi) is 3.10. The second-order valence-corrected chi connectivity index (χ2v) is 3.27. The Bertz CT molecular complexity index is 542. The smallest absolute Gasteiger partial charge is 0.261 e. The first kappa shape index (κ1) is 11.6. The quantitative estimate of drug-likeness (QED) is 0.836. The summed E-state index contributed by atoms with van der Waals surface area (Å²) in [6.45, 7) is 0.328. The Morgan fingerprint density at radius 3 is 2.71 bits per heavy atom. The number of hydrogen-bond donors (Lipinski definition) is 1. The summed E-state index contributed by atoms with van der Waals surface area (Å²) in [6, 6.07) is 1.85. The summed E-state index contributed by atoms with van der Waals surface area (Å²) in [6.07, 6.45) is 0. The zero-order valence-electron chi connectivity index (χ0n) is 8.80. The van der Waals surface area contributed by atoms with Gasteiger partial charge in [-0.05, 0) is 19.2 Å². The molecule has 0 spiro atoms. The van der Waals surface area contributed by atoms with Crippen LogP contribution >= 0.6 is 0 Å². The lowest BCUT2D eigenvalue weighted by Crippen LogP contribution is -2.06. The molecule has 90 valence electrons. The van der Waals surface area contributed by atoms with Crippen LogP contribution < -0.4 is 5.32 Å². The van der Waals surface area contributed by atoms with Crippen molar-refractivity contribution in [2.45, 2.75) is 6.54 Å². The molecule has 0 fully saturated rings. The summed E-state index contributed by atoms with van der Waals surface area (Å²) in [5.74, 6) is -4.06. The number of hydrogen-bond acceptors (Lipinski definition) is 4. The van der Waals surface area contributed by atoms with Gasteiger partial charge in [0.25, 0.3) is 5.89 Å². The van der Waals surface area contributed by atoms with Crippen molar-refractivity contribution in [3.05, 3.63) is 35.4 Å². The van der Waals surface area contributed by atoms with Crippen LogP contribution in [0, 0.1) is 17.5 Å². The van der Waals surface area contributed by atoms with Crippen LogP contribution in [-0.2, 0) is 6.54 Å². The van der Waals surface area contributed by atoms with Crippen molar-refractivity contribution >= 4 is 0 Å². The van der Waals surface area contributed by atoms with Crippen molar-refractivity contribution in [2.75, 3.05) is 7.05 Å². The molecule has 0 aliphatic heterocycles. The van der Waals surface area contributed by atoms with Gasteiger partial charge in [0.15, 0.2) is 23.3 Å². The summed E-state index contributed by atoms with van der Waals surface area (Å²) < 4.78 is 43.8. The fourth-order valence-corrected chi connectivity index (χ4v) is 1.28. The third-order valence-corrected chi connectivity index (χ3v) is 2.07. The Hall–Kier alpha value is -1.89.